The van der Waals surface area contributed by atoms with Crippen LogP contribution in [0.15, 0.2) is 30.3 Å². The van der Waals surface area contributed by atoms with Crippen LogP contribution < -0.4 is 22.1 Å². The van der Waals surface area contributed by atoms with E-state index in [2.05, 4.69) is 24.5 Å². The van der Waals surface area contributed by atoms with Crippen molar-refractivity contribution < 1.29 is 14.4 Å². The molecule has 1 rings (SSSR count). The highest BCUT2D eigenvalue weighted by Gasteiger charge is 2.31. The minimum Gasteiger partial charge on any atom is -0.368 e. The maximum Gasteiger partial charge on any atom is 0.243 e. The molecule has 7 nitrogen and oxygen atoms in total. The number of carbonyl (C=O) groups excluding carboxylic acids is 3. The van der Waals surface area contributed by atoms with Crippen LogP contribution in [0, 0.1) is 23.7 Å². The summed E-state index contributed by atoms with van der Waals surface area (Å²) in [6.45, 7) is 11.6. The lowest BCUT2D eigenvalue weighted by Crippen LogP contribution is -2.56. The van der Waals surface area contributed by atoms with E-state index in [0.29, 0.717) is 18.8 Å². The summed E-state index contributed by atoms with van der Waals surface area (Å²) >= 11 is 0. The SMILES string of the molecule is CC(C)C[C@H](N)CC[C@@H](Cc1ccccc1)C(=O)N[C@H](C(=O)N[C@H](C(N)=O)C(C)C)C(C)C. The number of benzene rings is 1. The summed E-state index contributed by atoms with van der Waals surface area (Å²) < 4.78 is 0. The van der Waals surface area contributed by atoms with E-state index < -0.39 is 23.9 Å². The smallest absolute Gasteiger partial charge is 0.243 e. The number of hydrogen-bond acceptors (Lipinski definition) is 4. The average molecular weight is 461 g/mol. The maximum atomic E-state index is 13.3. The van der Waals surface area contributed by atoms with Crippen molar-refractivity contribution in [2.75, 3.05) is 0 Å². The van der Waals surface area contributed by atoms with Gasteiger partial charge in [-0.2, -0.15) is 0 Å². The first-order valence-electron chi connectivity index (χ1n) is 12.1. The van der Waals surface area contributed by atoms with Crippen LogP contribution in [0.5, 0.6) is 0 Å². The highest BCUT2D eigenvalue weighted by molar-refractivity contribution is 5.92. The van der Waals surface area contributed by atoms with E-state index in [0.717, 1.165) is 18.4 Å². The Morgan fingerprint density at radius 2 is 1.36 bits per heavy atom. The second-order valence-electron chi connectivity index (χ2n) is 10.2. The molecule has 33 heavy (non-hydrogen) atoms. The highest BCUT2D eigenvalue weighted by atomic mass is 16.2. The number of nitrogens with two attached hydrogens (primary N) is 2. The fourth-order valence-corrected chi connectivity index (χ4v) is 3.98. The van der Waals surface area contributed by atoms with Gasteiger partial charge in [-0.1, -0.05) is 71.9 Å². The molecule has 0 saturated heterocycles. The minimum absolute atomic E-state index is 0.0302. The Balaban J connectivity index is 2.97. The molecule has 0 radical (unpaired) electrons. The minimum atomic E-state index is -0.787. The molecular formula is C26H44N4O3. The Hall–Kier alpha value is -2.41. The number of carbonyl (C=O) groups is 3. The fraction of sp³-hybridized carbons (Fsp3) is 0.654. The number of rotatable bonds is 14. The molecule has 0 aliphatic rings. The van der Waals surface area contributed by atoms with Crippen molar-refractivity contribution >= 4 is 17.7 Å². The molecule has 0 spiro atoms. The van der Waals surface area contributed by atoms with Crippen molar-refractivity contribution in [3.05, 3.63) is 35.9 Å². The van der Waals surface area contributed by atoms with Gasteiger partial charge in [0.1, 0.15) is 12.1 Å². The third-order valence-corrected chi connectivity index (χ3v) is 5.87. The van der Waals surface area contributed by atoms with Crippen molar-refractivity contribution in [2.45, 2.75) is 85.4 Å². The van der Waals surface area contributed by atoms with Gasteiger partial charge in [0, 0.05) is 12.0 Å². The Labute approximate surface area is 199 Å². The molecule has 0 aromatic heterocycles. The van der Waals surface area contributed by atoms with Gasteiger partial charge in [-0.3, -0.25) is 14.4 Å². The lowest BCUT2D eigenvalue weighted by atomic mass is 9.89. The normalized spacial score (nSPS) is 15.2. The van der Waals surface area contributed by atoms with Crippen molar-refractivity contribution in [1.29, 1.82) is 0 Å². The van der Waals surface area contributed by atoms with Crippen LogP contribution in [-0.4, -0.2) is 35.8 Å². The van der Waals surface area contributed by atoms with E-state index in [1.54, 1.807) is 0 Å². The maximum absolute atomic E-state index is 13.3. The van der Waals surface area contributed by atoms with Gasteiger partial charge in [0.2, 0.25) is 17.7 Å². The fourth-order valence-electron chi connectivity index (χ4n) is 3.98. The molecule has 0 fully saturated rings. The Morgan fingerprint density at radius 3 is 1.85 bits per heavy atom. The lowest BCUT2D eigenvalue weighted by Gasteiger charge is -2.28. The predicted octanol–water partition coefficient (Wildman–Crippen LogP) is 2.77. The molecule has 0 aliphatic heterocycles. The van der Waals surface area contributed by atoms with Gasteiger partial charge >= 0.3 is 0 Å². The third-order valence-electron chi connectivity index (χ3n) is 5.87. The monoisotopic (exact) mass is 460 g/mol. The van der Waals surface area contributed by atoms with Gasteiger partial charge in [-0.25, -0.2) is 0 Å². The summed E-state index contributed by atoms with van der Waals surface area (Å²) in [4.78, 5) is 38.0. The summed E-state index contributed by atoms with van der Waals surface area (Å²) in [5.74, 6) is -1.28. The summed E-state index contributed by atoms with van der Waals surface area (Å²) in [7, 11) is 0. The zero-order valence-electron chi connectivity index (χ0n) is 21.1. The standard InChI is InChI=1S/C26H44N4O3/c1-16(2)14-21(27)13-12-20(15-19-10-8-7-9-11-19)25(32)30-23(18(5)6)26(33)29-22(17(3)4)24(28)31/h7-11,16-18,20-23H,12-15,27H2,1-6H3,(H2,28,31)(H,29,33)(H,30,32)/t20-,21+,22-,23-/m0/s1. The number of nitrogens with one attached hydrogen (secondary N) is 2. The second kappa shape index (κ2) is 14.0. The predicted molar refractivity (Wildman–Crippen MR) is 133 cm³/mol. The van der Waals surface area contributed by atoms with Gasteiger partial charge in [0.15, 0.2) is 0 Å². The van der Waals surface area contributed by atoms with E-state index >= 15 is 0 Å². The zero-order chi connectivity index (χ0) is 25.1. The van der Waals surface area contributed by atoms with Gasteiger partial charge in [0.05, 0.1) is 0 Å². The van der Waals surface area contributed by atoms with Crippen molar-refractivity contribution in [3.8, 4) is 0 Å². The van der Waals surface area contributed by atoms with E-state index in [-0.39, 0.29) is 29.7 Å². The first-order valence-corrected chi connectivity index (χ1v) is 12.1. The first-order chi connectivity index (χ1) is 15.4. The zero-order valence-corrected chi connectivity index (χ0v) is 21.1. The summed E-state index contributed by atoms with van der Waals surface area (Å²) in [6, 6.07) is 8.33. The van der Waals surface area contributed by atoms with Crippen LogP contribution in [-0.2, 0) is 20.8 Å². The third kappa shape index (κ3) is 10.4. The largest absolute Gasteiger partial charge is 0.368 e. The van der Waals surface area contributed by atoms with Gasteiger partial charge < -0.3 is 22.1 Å². The molecule has 0 aliphatic carbocycles. The molecule has 186 valence electrons. The van der Waals surface area contributed by atoms with Gasteiger partial charge in [0.25, 0.3) is 0 Å². The molecule has 0 bridgehead atoms. The molecule has 0 heterocycles. The van der Waals surface area contributed by atoms with Crippen molar-refractivity contribution in [1.82, 2.24) is 10.6 Å². The first kappa shape index (κ1) is 28.6. The van der Waals surface area contributed by atoms with Crippen molar-refractivity contribution in [3.63, 3.8) is 0 Å². The molecule has 7 heteroatoms. The number of hydrogen-bond donors (Lipinski definition) is 4. The van der Waals surface area contributed by atoms with E-state index in [9.17, 15) is 14.4 Å². The van der Waals surface area contributed by atoms with Crippen LogP contribution >= 0.6 is 0 Å². The molecule has 0 saturated carbocycles. The summed E-state index contributed by atoms with van der Waals surface area (Å²) in [5, 5.41) is 5.66. The van der Waals surface area contributed by atoms with Crippen LogP contribution in [0.1, 0.15) is 66.4 Å². The van der Waals surface area contributed by atoms with Crippen LogP contribution in [0.3, 0.4) is 0 Å². The molecule has 6 N–H and O–H groups in total. The van der Waals surface area contributed by atoms with E-state index in [1.165, 1.54) is 0 Å². The van der Waals surface area contributed by atoms with E-state index in [1.807, 2.05) is 58.0 Å². The Kier molecular flexibility index (Phi) is 12.1. The Morgan fingerprint density at radius 1 is 0.818 bits per heavy atom. The molecule has 3 amide bonds. The van der Waals surface area contributed by atoms with Crippen LogP contribution in [0.4, 0.5) is 0 Å². The topological polar surface area (TPSA) is 127 Å². The number of primary amides is 1. The number of amides is 3. The van der Waals surface area contributed by atoms with Gasteiger partial charge in [-0.05, 0) is 49.0 Å². The highest BCUT2D eigenvalue weighted by Crippen LogP contribution is 2.19. The molecule has 4 atom stereocenters. The molecule has 0 unspecified atom stereocenters. The van der Waals surface area contributed by atoms with E-state index in [4.69, 9.17) is 11.5 Å². The lowest BCUT2D eigenvalue weighted by molar-refractivity contribution is -0.134. The quantitative estimate of drug-likeness (QED) is 0.340. The second-order valence-corrected chi connectivity index (χ2v) is 10.2. The van der Waals surface area contributed by atoms with Crippen molar-refractivity contribution in [2.24, 2.45) is 35.1 Å². The Bertz CT molecular complexity index is 749. The average Bonchev–Trinajstić information content (AvgIpc) is 2.72. The van der Waals surface area contributed by atoms with Crippen LogP contribution in [0.25, 0.3) is 0 Å². The molecular weight excluding hydrogens is 416 g/mol. The van der Waals surface area contributed by atoms with Gasteiger partial charge in [-0.15, -0.1) is 0 Å². The molecule has 1 aromatic carbocycles. The summed E-state index contributed by atoms with van der Waals surface area (Å²) in [5.41, 5.74) is 12.8. The molecule has 1 aromatic rings. The summed E-state index contributed by atoms with van der Waals surface area (Å²) in [6.07, 6.45) is 2.85. The van der Waals surface area contributed by atoms with Crippen LogP contribution in [0.2, 0.25) is 0 Å².